The summed E-state index contributed by atoms with van der Waals surface area (Å²) in [6.45, 7) is 0. The molecule has 0 fully saturated rings. The molecule has 2 aromatic carbocycles. The summed E-state index contributed by atoms with van der Waals surface area (Å²) in [6.07, 6.45) is -1.43. The van der Waals surface area contributed by atoms with Crippen LogP contribution in [0.1, 0.15) is 17.2 Å². The van der Waals surface area contributed by atoms with E-state index in [2.05, 4.69) is 31.9 Å². The fourth-order valence-corrected chi connectivity index (χ4v) is 2.42. The van der Waals surface area contributed by atoms with Gasteiger partial charge < -0.3 is 5.11 Å². The highest BCUT2D eigenvalue weighted by Crippen LogP contribution is 2.33. The Kier molecular flexibility index (Phi) is 4.61. The topological polar surface area (TPSA) is 20.2 Å². The largest absolute Gasteiger partial charge is 0.383 e. The minimum absolute atomic E-state index is 0.0890. The summed E-state index contributed by atoms with van der Waals surface area (Å²) < 4.78 is 28.3. The first kappa shape index (κ1) is 14.9. The Morgan fingerprint density at radius 2 is 1.68 bits per heavy atom. The number of hydrogen-bond donors (Lipinski definition) is 1. The Hall–Kier alpha value is -0.490. The average Bonchev–Trinajstić information content (AvgIpc) is 2.37. The SMILES string of the molecule is OC(c1ccc(Br)c(Cl)c1)c1c(F)ccc(Br)c1F. The maximum Gasteiger partial charge on any atom is 0.146 e. The smallest absolute Gasteiger partial charge is 0.146 e. The fraction of sp³-hybridized carbons (Fsp3) is 0.0769. The van der Waals surface area contributed by atoms with E-state index >= 15 is 0 Å². The maximum absolute atomic E-state index is 13.9. The summed E-state index contributed by atoms with van der Waals surface area (Å²) in [6, 6.07) is 6.94. The van der Waals surface area contributed by atoms with Gasteiger partial charge in [0.25, 0.3) is 0 Å². The molecule has 0 spiro atoms. The number of benzene rings is 2. The second kappa shape index (κ2) is 5.87. The zero-order chi connectivity index (χ0) is 14.2. The number of hydrogen-bond acceptors (Lipinski definition) is 1. The normalized spacial score (nSPS) is 12.5. The van der Waals surface area contributed by atoms with Gasteiger partial charge >= 0.3 is 0 Å². The molecule has 1 atom stereocenters. The zero-order valence-electron chi connectivity index (χ0n) is 9.30. The van der Waals surface area contributed by atoms with Crippen LogP contribution in [0.3, 0.4) is 0 Å². The lowest BCUT2D eigenvalue weighted by Gasteiger charge is -2.14. The summed E-state index contributed by atoms with van der Waals surface area (Å²) in [4.78, 5) is 0. The average molecular weight is 412 g/mol. The molecule has 1 N–H and O–H groups in total. The van der Waals surface area contributed by atoms with Gasteiger partial charge in [-0.25, -0.2) is 8.78 Å². The lowest BCUT2D eigenvalue weighted by Crippen LogP contribution is -2.06. The molecule has 0 aliphatic heterocycles. The summed E-state index contributed by atoms with van der Waals surface area (Å²) in [7, 11) is 0. The summed E-state index contributed by atoms with van der Waals surface area (Å²) in [5, 5.41) is 10.5. The van der Waals surface area contributed by atoms with Gasteiger partial charge in [0.1, 0.15) is 17.7 Å². The van der Waals surface area contributed by atoms with Gasteiger partial charge in [0, 0.05) is 4.47 Å². The summed E-state index contributed by atoms with van der Waals surface area (Å²) in [5.74, 6) is -1.64. The molecule has 100 valence electrons. The first-order valence-corrected chi connectivity index (χ1v) is 7.14. The van der Waals surface area contributed by atoms with Crippen molar-refractivity contribution in [2.24, 2.45) is 0 Å². The minimum atomic E-state index is -1.43. The number of aliphatic hydroxyl groups excluding tert-OH is 1. The number of aliphatic hydroxyl groups is 1. The van der Waals surface area contributed by atoms with Gasteiger partial charge in [0.05, 0.1) is 15.1 Å². The van der Waals surface area contributed by atoms with E-state index in [4.69, 9.17) is 11.6 Å². The van der Waals surface area contributed by atoms with Crippen molar-refractivity contribution in [3.8, 4) is 0 Å². The quantitative estimate of drug-likeness (QED) is 0.670. The van der Waals surface area contributed by atoms with Crippen molar-refractivity contribution in [2.45, 2.75) is 6.10 Å². The number of rotatable bonds is 2. The molecule has 1 nitrogen and oxygen atoms in total. The van der Waals surface area contributed by atoms with Crippen molar-refractivity contribution in [3.05, 3.63) is 67.1 Å². The van der Waals surface area contributed by atoms with Gasteiger partial charge in [0.15, 0.2) is 0 Å². The van der Waals surface area contributed by atoms with Crippen LogP contribution in [0.5, 0.6) is 0 Å². The molecule has 0 amide bonds. The molecule has 0 radical (unpaired) electrons. The third-order valence-electron chi connectivity index (χ3n) is 2.61. The Morgan fingerprint density at radius 1 is 1.05 bits per heavy atom. The first-order valence-electron chi connectivity index (χ1n) is 5.18. The minimum Gasteiger partial charge on any atom is -0.383 e. The number of halogens is 5. The highest BCUT2D eigenvalue weighted by atomic mass is 79.9. The van der Waals surface area contributed by atoms with Crippen LogP contribution in [-0.4, -0.2) is 5.11 Å². The van der Waals surface area contributed by atoms with Crippen LogP contribution in [0, 0.1) is 11.6 Å². The van der Waals surface area contributed by atoms with Crippen molar-refractivity contribution in [3.63, 3.8) is 0 Å². The van der Waals surface area contributed by atoms with Gasteiger partial charge in [-0.1, -0.05) is 17.7 Å². The Balaban J connectivity index is 2.52. The monoisotopic (exact) mass is 410 g/mol. The standard InChI is InChI=1S/C13H7Br2ClF2O/c14-7-2-1-6(5-9(7)16)13(19)11-10(17)4-3-8(15)12(11)18/h1-5,13,19H. The van der Waals surface area contributed by atoms with E-state index in [-0.39, 0.29) is 4.47 Å². The first-order chi connectivity index (χ1) is 8.91. The predicted octanol–water partition coefficient (Wildman–Crippen LogP) is 5.22. The molecule has 19 heavy (non-hydrogen) atoms. The van der Waals surface area contributed by atoms with Crippen LogP contribution in [0.2, 0.25) is 5.02 Å². The molecule has 2 rings (SSSR count). The van der Waals surface area contributed by atoms with E-state index < -0.39 is 23.3 Å². The molecule has 2 aromatic rings. The second-order valence-corrected chi connectivity index (χ2v) is 5.95. The van der Waals surface area contributed by atoms with Gasteiger partial charge in [-0.3, -0.25) is 0 Å². The lowest BCUT2D eigenvalue weighted by molar-refractivity contribution is 0.209. The van der Waals surface area contributed by atoms with Crippen LogP contribution < -0.4 is 0 Å². The van der Waals surface area contributed by atoms with E-state index in [1.807, 2.05) is 0 Å². The van der Waals surface area contributed by atoms with Crippen LogP contribution in [-0.2, 0) is 0 Å². The Morgan fingerprint density at radius 3 is 2.32 bits per heavy atom. The van der Waals surface area contributed by atoms with Crippen LogP contribution >= 0.6 is 43.5 Å². The van der Waals surface area contributed by atoms with Crippen LogP contribution in [0.15, 0.2) is 39.3 Å². The molecule has 0 bridgehead atoms. The van der Waals surface area contributed by atoms with Crippen molar-refractivity contribution < 1.29 is 13.9 Å². The Labute approximate surface area is 130 Å². The van der Waals surface area contributed by atoms with Crippen molar-refractivity contribution >= 4 is 43.5 Å². The van der Waals surface area contributed by atoms with Gasteiger partial charge in [-0.2, -0.15) is 0 Å². The van der Waals surface area contributed by atoms with Gasteiger partial charge in [-0.15, -0.1) is 0 Å². The molecular formula is C13H7Br2ClF2O. The van der Waals surface area contributed by atoms with Crippen molar-refractivity contribution in [1.29, 1.82) is 0 Å². The lowest BCUT2D eigenvalue weighted by atomic mass is 10.0. The molecule has 0 aliphatic rings. The third-order valence-corrected chi connectivity index (χ3v) is 4.46. The van der Waals surface area contributed by atoms with Gasteiger partial charge in [0.2, 0.25) is 0 Å². The predicted molar refractivity (Wildman–Crippen MR) is 77.3 cm³/mol. The van der Waals surface area contributed by atoms with Crippen molar-refractivity contribution in [1.82, 2.24) is 0 Å². The maximum atomic E-state index is 13.9. The van der Waals surface area contributed by atoms with Gasteiger partial charge in [-0.05, 0) is 61.7 Å². The van der Waals surface area contributed by atoms with Crippen LogP contribution in [0.4, 0.5) is 8.78 Å². The highest BCUT2D eigenvalue weighted by molar-refractivity contribution is 9.10. The summed E-state index contributed by atoms with van der Waals surface area (Å²) >= 11 is 12.1. The third kappa shape index (κ3) is 2.99. The molecule has 0 aliphatic carbocycles. The molecule has 0 saturated heterocycles. The van der Waals surface area contributed by atoms with Crippen molar-refractivity contribution in [2.75, 3.05) is 0 Å². The molecule has 6 heteroatoms. The summed E-state index contributed by atoms with van der Waals surface area (Å²) in [5.41, 5.74) is -0.100. The van der Waals surface area contributed by atoms with E-state index in [0.717, 1.165) is 6.07 Å². The molecular weight excluding hydrogens is 405 g/mol. The van der Waals surface area contributed by atoms with Crippen LogP contribution in [0.25, 0.3) is 0 Å². The highest BCUT2D eigenvalue weighted by Gasteiger charge is 2.22. The molecule has 1 unspecified atom stereocenters. The molecule has 0 saturated carbocycles. The van der Waals surface area contributed by atoms with E-state index in [9.17, 15) is 13.9 Å². The van der Waals surface area contributed by atoms with E-state index in [0.29, 0.717) is 15.1 Å². The molecule has 0 heterocycles. The fourth-order valence-electron chi connectivity index (χ4n) is 1.64. The second-order valence-electron chi connectivity index (χ2n) is 3.83. The van der Waals surface area contributed by atoms with E-state index in [1.165, 1.54) is 12.1 Å². The Bertz CT molecular complexity index is 634. The zero-order valence-corrected chi connectivity index (χ0v) is 13.2. The molecule has 0 aromatic heterocycles. The van der Waals surface area contributed by atoms with E-state index in [1.54, 1.807) is 12.1 Å².